The number of nitrogens with one attached hydrogen (secondary N) is 2. The quantitative estimate of drug-likeness (QED) is 0.733. The van der Waals surface area contributed by atoms with Crippen molar-refractivity contribution in [2.45, 2.75) is 12.8 Å². The van der Waals surface area contributed by atoms with Gasteiger partial charge in [-0.25, -0.2) is 9.78 Å². The molecule has 7 heteroatoms. The third-order valence-corrected chi connectivity index (χ3v) is 3.78. The minimum absolute atomic E-state index is 0.0697. The smallest absolute Gasteiger partial charge is 0.358 e. The number of hydrogen-bond acceptors (Lipinski definition) is 5. The molecule has 26 heavy (non-hydrogen) atoms. The van der Waals surface area contributed by atoms with Gasteiger partial charge in [-0.1, -0.05) is 18.2 Å². The van der Waals surface area contributed by atoms with E-state index in [0.717, 1.165) is 0 Å². The molecular weight excluding hydrogens is 334 g/mol. The third kappa shape index (κ3) is 3.94. The molecule has 0 fully saturated rings. The zero-order chi connectivity index (χ0) is 18.5. The second-order valence-corrected chi connectivity index (χ2v) is 5.62. The predicted molar refractivity (Wildman–Crippen MR) is 97.1 cm³/mol. The Balaban J connectivity index is 1.67. The van der Waals surface area contributed by atoms with Crippen LogP contribution in [0.5, 0.6) is 0 Å². The minimum atomic E-state index is -0.543. The Morgan fingerprint density at radius 2 is 1.92 bits per heavy atom. The Morgan fingerprint density at radius 3 is 2.73 bits per heavy atom. The Morgan fingerprint density at radius 1 is 1.12 bits per heavy atom. The molecule has 2 amide bonds. The number of aryl methyl sites for hydroxylation is 1. The van der Waals surface area contributed by atoms with Gasteiger partial charge in [0.2, 0.25) is 5.91 Å². The average Bonchev–Trinajstić information content (AvgIpc) is 2.66. The largest absolute Gasteiger partial charge is 0.420 e. The van der Waals surface area contributed by atoms with Gasteiger partial charge in [0.25, 0.3) is 5.91 Å². The molecule has 1 aromatic heterocycles. The molecule has 0 aliphatic heterocycles. The first-order valence-electron chi connectivity index (χ1n) is 8.07. The highest BCUT2D eigenvalue weighted by molar-refractivity contribution is 5.97. The molecule has 0 saturated carbocycles. The number of carbonyl (C=O) groups excluding carboxylic acids is 2. The van der Waals surface area contributed by atoms with E-state index in [4.69, 9.17) is 4.42 Å². The second kappa shape index (κ2) is 7.60. The molecule has 0 aliphatic carbocycles. The molecule has 0 saturated heterocycles. The summed E-state index contributed by atoms with van der Waals surface area (Å²) >= 11 is 0. The molecule has 0 radical (unpaired) electrons. The van der Waals surface area contributed by atoms with E-state index in [2.05, 4.69) is 15.6 Å². The van der Waals surface area contributed by atoms with E-state index >= 15 is 0 Å². The monoisotopic (exact) mass is 351 g/mol. The maximum Gasteiger partial charge on any atom is 0.358 e. The molecule has 132 valence electrons. The lowest BCUT2D eigenvalue weighted by Gasteiger charge is -2.07. The maximum absolute atomic E-state index is 12.1. The highest BCUT2D eigenvalue weighted by atomic mass is 16.4. The van der Waals surface area contributed by atoms with Gasteiger partial charge in [0.1, 0.15) is 11.2 Å². The number of nitrogens with zero attached hydrogens (tertiary/aromatic N) is 1. The first kappa shape index (κ1) is 17.3. The number of rotatable bonds is 5. The van der Waals surface area contributed by atoms with E-state index < -0.39 is 5.63 Å². The van der Waals surface area contributed by atoms with Crippen LogP contribution in [-0.4, -0.2) is 23.8 Å². The lowest BCUT2D eigenvalue weighted by molar-refractivity contribution is -0.116. The van der Waals surface area contributed by atoms with E-state index in [1.807, 2.05) is 0 Å². The molecule has 2 N–H and O–H groups in total. The molecule has 0 bridgehead atoms. The third-order valence-electron chi connectivity index (χ3n) is 3.78. The summed E-state index contributed by atoms with van der Waals surface area (Å²) in [6.45, 7) is 0. The summed E-state index contributed by atoms with van der Waals surface area (Å²) in [5.41, 5.74) is 1.60. The fourth-order valence-corrected chi connectivity index (χ4v) is 2.48. The van der Waals surface area contributed by atoms with Crippen molar-refractivity contribution in [2.75, 3.05) is 12.4 Å². The molecule has 2 aromatic carbocycles. The summed E-state index contributed by atoms with van der Waals surface area (Å²) in [4.78, 5) is 40.0. The maximum atomic E-state index is 12.1. The van der Waals surface area contributed by atoms with Gasteiger partial charge in [0.15, 0.2) is 5.58 Å². The average molecular weight is 351 g/mol. The summed E-state index contributed by atoms with van der Waals surface area (Å²) in [7, 11) is 1.54. The number of benzene rings is 2. The Kier molecular flexibility index (Phi) is 5.07. The Labute approximate surface area is 149 Å². The lowest BCUT2D eigenvalue weighted by Crippen LogP contribution is -2.19. The normalized spacial score (nSPS) is 10.5. The summed E-state index contributed by atoms with van der Waals surface area (Å²) in [5.74, 6) is -0.521. The van der Waals surface area contributed by atoms with Gasteiger partial charge in [-0.2, -0.15) is 0 Å². The van der Waals surface area contributed by atoms with Crippen molar-refractivity contribution in [3.05, 3.63) is 70.2 Å². The van der Waals surface area contributed by atoms with Crippen molar-refractivity contribution < 1.29 is 14.0 Å². The number of para-hydroxylation sites is 2. The minimum Gasteiger partial charge on any atom is -0.420 e. The number of fused-ring (bicyclic) bond motifs is 1. The van der Waals surface area contributed by atoms with Gasteiger partial charge in [-0.15, -0.1) is 0 Å². The molecule has 0 spiro atoms. The number of aromatic nitrogens is 1. The highest BCUT2D eigenvalue weighted by Gasteiger charge is 2.11. The van der Waals surface area contributed by atoms with Gasteiger partial charge in [0, 0.05) is 31.1 Å². The topological polar surface area (TPSA) is 101 Å². The van der Waals surface area contributed by atoms with Gasteiger partial charge in [-0.05, 0) is 30.3 Å². The molecule has 3 rings (SSSR count). The van der Waals surface area contributed by atoms with Crippen LogP contribution in [0, 0.1) is 0 Å². The predicted octanol–water partition coefficient (Wildman–Crippen LogP) is 2.12. The molecule has 3 aromatic rings. The van der Waals surface area contributed by atoms with Gasteiger partial charge < -0.3 is 15.1 Å². The molecule has 7 nitrogen and oxygen atoms in total. The first-order chi connectivity index (χ1) is 12.6. The van der Waals surface area contributed by atoms with Crippen molar-refractivity contribution in [1.82, 2.24) is 10.3 Å². The fraction of sp³-hybridized carbons (Fsp3) is 0.158. The summed E-state index contributed by atoms with van der Waals surface area (Å²) in [6, 6.07) is 13.6. The number of anilines is 1. The number of carbonyl (C=O) groups is 2. The standard InChI is InChI=1S/C19H17N3O4/c1-20-18(24)12-5-4-6-13(11-12)21-17(23)10-9-15-19(25)26-16-8-3-2-7-14(16)22-15/h2-8,11H,9-10H2,1H3,(H,20,24)(H,21,23). The van der Waals surface area contributed by atoms with E-state index in [-0.39, 0.29) is 30.3 Å². The summed E-state index contributed by atoms with van der Waals surface area (Å²) < 4.78 is 5.20. The van der Waals surface area contributed by atoms with Crippen LogP contribution in [0.4, 0.5) is 5.69 Å². The fourth-order valence-electron chi connectivity index (χ4n) is 2.48. The number of hydrogen-bond donors (Lipinski definition) is 2. The van der Waals surface area contributed by atoms with E-state index in [0.29, 0.717) is 22.4 Å². The zero-order valence-corrected chi connectivity index (χ0v) is 14.1. The second-order valence-electron chi connectivity index (χ2n) is 5.62. The van der Waals surface area contributed by atoms with Crippen LogP contribution < -0.4 is 16.3 Å². The Hall–Kier alpha value is -3.48. The van der Waals surface area contributed by atoms with E-state index in [1.165, 1.54) is 7.05 Å². The number of amides is 2. The van der Waals surface area contributed by atoms with Gasteiger partial charge in [-0.3, -0.25) is 9.59 Å². The molecule has 1 heterocycles. The SMILES string of the molecule is CNC(=O)c1cccc(NC(=O)CCc2nc3ccccc3oc2=O)c1. The zero-order valence-electron chi connectivity index (χ0n) is 14.1. The van der Waals surface area contributed by atoms with Crippen LogP contribution >= 0.6 is 0 Å². The molecular formula is C19H17N3O4. The van der Waals surface area contributed by atoms with Crippen molar-refractivity contribution in [2.24, 2.45) is 0 Å². The molecule has 0 unspecified atom stereocenters. The molecule has 0 atom stereocenters. The van der Waals surface area contributed by atoms with Crippen LogP contribution in [0.25, 0.3) is 11.1 Å². The van der Waals surface area contributed by atoms with E-state index in [1.54, 1.807) is 48.5 Å². The van der Waals surface area contributed by atoms with Crippen molar-refractivity contribution >= 4 is 28.6 Å². The van der Waals surface area contributed by atoms with Crippen molar-refractivity contribution in [3.8, 4) is 0 Å². The van der Waals surface area contributed by atoms with Crippen LogP contribution in [0.15, 0.2) is 57.7 Å². The van der Waals surface area contributed by atoms with Crippen LogP contribution in [-0.2, 0) is 11.2 Å². The Bertz CT molecular complexity index is 1030. The first-order valence-corrected chi connectivity index (χ1v) is 8.07. The van der Waals surface area contributed by atoms with E-state index in [9.17, 15) is 14.4 Å². The van der Waals surface area contributed by atoms with Gasteiger partial charge >= 0.3 is 5.63 Å². The van der Waals surface area contributed by atoms with Crippen molar-refractivity contribution in [3.63, 3.8) is 0 Å². The van der Waals surface area contributed by atoms with Crippen LogP contribution in [0.3, 0.4) is 0 Å². The van der Waals surface area contributed by atoms with Crippen molar-refractivity contribution in [1.29, 1.82) is 0 Å². The summed E-state index contributed by atoms with van der Waals surface area (Å²) in [5, 5.41) is 5.23. The van der Waals surface area contributed by atoms with Crippen LogP contribution in [0.2, 0.25) is 0 Å². The molecule has 0 aliphatic rings. The summed E-state index contributed by atoms with van der Waals surface area (Å²) in [6.07, 6.45) is 0.231. The highest BCUT2D eigenvalue weighted by Crippen LogP contribution is 2.12. The van der Waals surface area contributed by atoms with Crippen LogP contribution in [0.1, 0.15) is 22.5 Å². The van der Waals surface area contributed by atoms with Gasteiger partial charge in [0.05, 0.1) is 0 Å². The lowest BCUT2D eigenvalue weighted by atomic mass is 10.1.